The number of amides is 1. The fraction of sp³-hybridized carbons (Fsp3) is 0.400. The number of hydrogen-bond acceptors (Lipinski definition) is 4. The highest BCUT2D eigenvalue weighted by Crippen LogP contribution is 2.20. The SMILES string of the molecule is CCN1CCN(C(=O)c2cncc(Nc3ccc(C)c(C)c3)c2)CC1. The highest BCUT2D eigenvalue weighted by Gasteiger charge is 2.21. The molecule has 1 fully saturated rings. The smallest absolute Gasteiger partial charge is 0.255 e. The first-order chi connectivity index (χ1) is 12.1. The lowest BCUT2D eigenvalue weighted by Crippen LogP contribution is -2.48. The lowest BCUT2D eigenvalue weighted by Gasteiger charge is -2.34. The van der Waals surface area contributed by atoms with Gasteiger partial charge in [0, 0.05) is 38.1 Å². The fourth-order valence-corrected chi connectivity index (χ4v) is 3.06. The predicted molar refractivity (Wildman–Crippen MR) is 101 cm³/mol. The number of likely N-dealkylation sites (N-methyl/N-ethyl adjacent to an activating group) is 1. The third-order valence-electron chi connectivity index (χ3n) is 4.89. The summed E-state index contributed by atoms with van der Waals surface area (Å²) in [5.74, 6) is 0.0620. The summed E-state index contributed by atoms with van der Waals surface area (Å²) in [6.45, 7) is 10.8. The van der Waals surface area contributed by atoms with Crippen LogP contribution in [0.5, 0.6) is 0 Å². The quantitative estimate of drug-likeness (QED) is 0.930. The molecule has 0 radical (unpaired) electrons. The van der Waals surface area contributed by atoms with Crippen LogP contribution in [0.2, 0.25) is 0 Å². The van der Waals surface area contributed by atoms with Crippen molar-refractivity contribution < 1.29 is 4.79 Å². The fourth-order valence-electron chi connectivity index (χ4n) is 3.06. The van der Waals surface area contributed by atoms with Crippen LogP contribution in [0.15, 0.2) is 36.7 Å². The third kappa shape index (κ3) is 4.17. The zero-order valence-corrected chi connectivity index (χ0v) is 15.2. The van der Waals surface area contributed by atoms with Gasteiger partial charge in [-0.15, -0.1) is 0 Å². The molecule has 1 saturated heterocycles. The van der Waals surface area contributed by atoms with E-state index in [4.69, 9.17) is 0 Å². The number of rotatable bonds is 4. The van der Waals surface area contributed by atoms with Crippen molar-refractivity contribution in [1.82, 2.24) is 14.8 Å². The second-order valence-corrected chi connectivity index (χ2v) is 6.61. The zero-order valence-electron chi connectivity index (χ0n) is 15.2. The lowest BCUT2D eigenvalue weighted by molar-refractivity contribution is 0.0643. The Morgan fingerprint density at radius 1 is 1.04 bits per heavy atom. The van der Waals surface area contributed by atoms with Gasteiger partial charge in [-0.05, 0) is 49.7 Å². The van der Waals surface area contributed by atoms with E-state index in [0.717, 1.165) is 44.1 Å². The van der Waals surface area contributed by atoms with E-state index < -0.39 is 0 Å². The van der Waals surface area contributed by atoms with Gasteiger partial charge >= 0.3 is 0 Å². The molecule has 3 rings (SSSR count). The van der Waals surface area contributed by atoms with Gasteiger partial charge in [-0.3, -0.25) is 9.78 Å². The first-order valence-electron chi connectivity index (χ1n) is 8.88. The normalized spacial score (nSPS) is 15.2. The summed E-state index contributed by atoms with van der Waals surface area (Å²) in [6, 6.07) is 8.12. The van der Waals surface area contributed by atoms with Crippen LogP contribution < -0.4 is 5.32 Å². The summed E-state index contributed by atoms with van der Waals surface area (Å²) < 4.78 is 0. The third-order valence-corrected chi connectivity index (χ3v) is 4.89. The first-order valence-corrected chi connectivity index (χ1v) is 8.88. The van der Waals surface area contributed by atoms with Crippen LogP contribution in [0.4, 0.5) is 11.4 Å². The van der Waals surface area contributed by atoms with E-state index in [1.165, 1.54) is 11.1 Å². The zero-order chi connectivity index (χ0) is 17.8. The number of hydrogen-bond donors (Lipinski definition) is 1. The first kappa shape index (κ1) is 17.4. The van der Waals surface area contributed by atoms with Crippen LogP contribution in [0, 0.1) is 13.8 Å². The van der Waals surface area contributed by atoms with E-state index in [2.05, 4.69) is 48.1 Å². The average molecular weight is 338 g/mol. The maximum absolute atomic E-state index is 12.7. The molecule has 1 amide bonds. The van der Waals surface area contributed by atoms with Crippen molar-refractivity contribution in [2.75, 3.05) is 38.0 Å². The number of nitrogens with one attached hydrogen (secondary N) is 1. The molecule has 5 heteroatoms. The molecule has 0 saturated carbocycles. The molecule has 0 aliphatic carbocycles. The summed E-state index contributed by atoms with van der Waals surface area (Å²) in [6.07, 6.45) is 3.40. The van der Waals surface area contributed by atoms with E-state index >= 15 is 0 Å². The van der Waals surface area contributed by atoms with Crippen molar-refractivity contribution >= 4 is 17.3 Å². The Balaban J connectivity index is 1.70. The van der Waals surface area contributed by atoms with E-state index in [1.807, 2.05) is 17.0 Å². The minimum Gasteiger partial charge on any atom is -0.354 e. The molecular formula is C20H26N4O. The van der Waals surface area contributed by atoms with Gasteiger partial charge < -0.3 is 15.1 Å². The lowest BCUT2D eigenvalue weighted by atomic mass is 10.1. The molecular weight excluding hydrogens is 312 g/mol. The van der Waals surface area contributed by atoms with Gasteiger partial charge in [0.1, 0.15) is 0 Å². The Bertz CT molecular complexity index is 751. The van der Waals surface area contributed by atoms with Crippen molar-refractivity contribution in [2.24, 2.45) is 0 Å². The summed E-state index contributed by atoms with van der Waals surface area (Å²) in [5, 5.41) is 3.34. The maximum Gasteiger partial charge on any atom is 0.255 e. The average Bonchev–Trinajstić information content (AvgIpc) is 2.64. The maximum atomic E-state index is 12.7. The second kappa shape index (κ2) is 7.66. The van der Waals surface area contributed by atoms with Gasteiger partial charge in [-0.2, -0.15) is 0 Å². The van der Waals surface area contributed by atoms with Crippen molar-refractivity contribution in [3.05, 3.63) is 53.3 Å². The second-order valence-electron chi connectivity index (χ2n) is 6.61. The number of benzene rings is 1. The Kier molecular flexibility index (Phi) is 5.34. The Morgan fingerprint density at radius 2 is 1.80 bits per heavy atom. The Hall–Kier alpha value is -2.40. The monoisotopic (exact) mass is 338 g/mol. The number of anilines is 2. The van der Waals surface area contributed by atoms with Crippen molar-refractivity contribution in [1.29, 1.82) is 0 Å². The molecule has 1 aromatic heterocycles. The van der Waals surface area contributed by atoms with Crippen LogP contribution in [-0.4, -0.2) is 53.4 Å². The molecule has 1 aliphatic heterocycles. The van der Waals surface area contributed by atoms with E-state index in [0.29, 0.717) is 5.56 Å². The van der Waals surface area contributed by atoms with Crippen LogP contribution in [0.1, 0.15) is 28.4 Å². The van der Waals surface area contributed by atoms with Crippen molar-refractivity contribution in [2.45, 2.75) is 20.8 Å². The molecule has 25 heavy (non-hydrogen) atoms. The number of carbonyl (C=O) groups excluding carboxylic acids is 1. The molecule has 0 bridgehead atoms. The highest BCUT2D eigenvalue weighted by molar-refractivity contribution is 5.95. The number of carbonyl (C=O) groups is 1. The molecule has 132 valence electrons. The molecule has 1 aliphatic rings. The molecule has 0 unspecified atom stereocenters. The number of nitrogens with zero attached hydrogens (tertiary/aromatic N) is 3. The van der Waals surface area contributed by atoms with E-state index in [-0.39, 0.29) is 5.91 Å². The van der Waals surface area contributed by atoms with Crippen LogP contribution >= 0.6 is 0 Å². The molecule has 5 nitrogen and oxygen atoms in total. The summed E-state index contributed by atoms with van der Waals surface area (Å²) in [5.41, 5.74) is 4.98. The van der Waals surface area contributed by atoms with Gasteiger partial charge in [0.2, 0.25) is 0 Å². The van der Waals surface area contributed by atoms with Crippen molar-refractivity contribution in [3.8, 4) is 0 Å². The number of piperazine rings is 1. The van der Waals surface area contributed by atoms with E-state index in [9.17, 15) is 4.79 Å². The molecule has 0 atom stereocenters. The number of aromatic nitrogens is 1. The van der Waals surface area contributed by atoms with Crippen molar-refractivity contribution in [3.63, 3.8) is 0 Å². The van der Waals surface area contributed by atoms with Gasteiger partial charge in [-0.25, -0.2) is 0 Å². The Labute approximate surface area is 149 Å². The number of pyridine rings is 1. The number of aryl methyl sites for hydroxylation is 2. The van der Waals surface area contributed by atoms with Crippen LogP contribution in [0.25, 0.3) is 0 Å². The standard InChI is InChI=1S/C20H26N4O/c1-4-23-7-9-24(10-8-23)20(25)17-12-19(14-21-13-17)22-18-6-5-15(2)16(3)11-18/h5-6,11-14,22H,4,7-10H2,1-3H3. The van der Waals surface area contributed by atoms with Gasteiger partial charge in [0.15, 0.2) is 0 Å². The minimum absolute atomic E-state index is 0.0620. The minimum atomic E-state index is 0.0620. The van der Waals surface area contributed by atoms with E-state index in [1.54, 1.807) is 12.4 Å². The van der Waals surface area contributed by atoms with Gasteiger partial charge in [0.25, 0.3) is 5.91 Å². The van der Waals surface area contributed by atoms with Gasteiger partial charge in [-0.1, -0.05) is 13.0 Å². The summed E-state index contributed by atoms with van der Waals surface area (Å²) in [7, 11) is 0. The largest absolute Gasteiger partial charge is 0.354 e. The molecule has 2 heterocycles. The van der Waals surface area contributed by atoms with Crippen LogP contribution in [-0.2, 0) is 0 Å². The molecule has 1 N–H and O–H groups in total. The summed E-state index contributed by atoms with van der Waals surface area (Å²) in [4.78, 5) is 21.3. The molecule has 0 spiro atoms. The Morgan fingerprint density at radius 3 is 2.48 bits per heavy atom. The topological polar surface area (TPSA) is 48.5 Å². The molecule has 1 aromatic carbocycles. The highest BCUT2D eigenvalue weighted by atomic mass is 16.2. The molecule has 2 aromatic rings. The predicted octanol–water partition coefficient (Wildman–Crippen LogP) is 3.22. The summed E-state index contributed by atoms with van der Waals surface area (Å²) >= 11 is 0. The van der Waals surface area contributed by atoms with Gasteiger partial charge in [0.05, 0.1) is 17.4 Å². The van der Waals surface area contributed by atoms with Crippen LogP contribution in [0.3, 0.4) is 0 Å².